The van der Waals surface area contributed by atoms with E-state index in [0.29, 0.717) is 5.89 Å². The van der Waals surface area contributed by atoms with Gasteiger partial charge in [-0.05, 0) is 77.0 Å². The molecule has 0 fully saturated rings. The minimum atomic E-state index is -0.261. The Morgan fingerprint density at radius 2 is 1.52 bits per heavy atom. The predicted molar refractivity (Wildman–Crippen MR) is 185 cm³/mol. The maximum atomic E-state index is 6.51. The SMILES string of the molecule is C1=CC(C2N=C(n3c4ccccc4c4c5oc(-c6ccccc6)nc5ccc43)C=C(c3ccc(-c4ccncc4)cc3)N2)=CCN1. The number of pyridine rings is 1. The highest BCUT2D eigenvalue weighted by Gasteiger charge is 2.25. The fraction of sp³-hybridized carbons (Fsp3) is 0.0513. The van der Waals surface area contributed by atoms with Gasteiger partial charge in [-0.15, -0.1) is 0 Å². The maximum absolute atomic E-state index is 6.51. The van der Waals surface area contributed by atoms with E-state index in [4.69, 9.17) is 14.4 Å². The van der Waals surface area contributed by atoms with Crippen molar-refractivity contribution in [2.45, 2.75) is 6.17 Å². The zero-order valence-electron chi connectivity index (χ0n) is 24.8. The molecule has 0 radical (unpaired) electrons. The number of dihydropyridines is 1. The quantitative estimate of drug-likeness (QED) is 0.216. The van der Waals surface area contributed by atoms with Crippen molar-refractivity contribution in [3.8, 4) is 22.6 Å². The molecule has 3 aromatic heterocycles. The first kappa shape index (κ1) is 26.2. The first-order valence-corrected chi connectivity index (χ1v) is 15.4. The highest BCUT2D eigenvalue weighted by molar-refractivity contribution is 6.23. The lowest BCUT2D eigenvalue weighted by Gasteiger charge is -2.27. The third-order valence-corrected chi connectivity index (χ3v) is 8.64. The van der Waals surface area contributed by atoms with E-state index in [0.717, 1.165) is 78.8 Å². The van der Waals surface area contributed by atoms with Crippen LogP contribution in [0.1, 0.15) is 5.56 Å². The lowest BCUT2D eigenvalue weighted by atomic mass is 10.0. The van der Waals surface area contributed by atoms with Gasteiger partial charge < -0.3 is 15.1 Å². The summed E-state index contributed by atoms with van der Waals surface area (Å²) in [7, 11) is 0. The van der Waals surface area contributed by atoms with Crippen LogP contribution in [-0.2, 0) is 0 Å². The van der Waals surface area contributed by atoms with E-state index in [1.165, 1.54) is 0 Å². The Morgan fingerprint density at radius 3 is 2.35 bits per heavy atom. The lowest BCUT2D eigenvalue weighted by Crippen LogP contribution is -2.35. The molecule has 2 N–H and O–H groups in total. The van der Waals surface area contributed by atoms with Crippen LogP contribution in [0.15, 0.2) is 155 Å². The van der Waals surface area contributed by atoms with Crippen molar-refractivity contribution in [3.05, 3.63) is 151 Å². The van der Waals surface area contributed by atoms with Crippen LogP contribution in [-0.4, -0.2) is 33.1 Å². The minimum Gasteiger partial charge on any atom is -0.435 e. The Hall–Kier alpha value is -6.21. The van der Waals surface area contributed by atoms with E-state index in [9.17, 15) is 0 Å². The number of fused-ring (bicyclic) bond motifs is 5. The average molecular weight is 597 g/mol. The van der Waals surface area contributed by atoms with Crippen molar-refractivity contribution in [2.24, 2.45) is 4.99 Å². The molecule has 7 nitrogen and oxygen atoms in total. The molecule has 7 heteroatoms. The second-order valence-corrected chi connectivity index (χ2v) is 11.4. The van der Waals surface area contributed by atoms with Gasteiger partial charge in [0.2, 0.25) is 5.89 Å². The number of aliphatic imine (C=N–C) groups is 1. The molecule has 2 aliphatic rings. The fourth-order valence-corrected chi connectivity index (χ4v) is 6.41. The molecule has 5 heterocycles. The second kappa shape index (κ2) is 10.7. The molecule has 9 rings (SSSR count). The summed E-state index contributed by atoms with van der Waals surface area (Å²) in [5.74, 6) is 1.46. The van der Waals surface area contributed by atoms with Crippen LogP contribution >= 0.6 is 0 Å². The van der Waals surface area contributed by atoms with Gasteiger partial charge in [0.25, 0.3) is 0 Å². The minimum absolute atomic E-state index is 0.261. The topological polar surface area (TPSA) is 80.3 Å². The van der Waals surface area contributed by atoms with Crippen molar-refractivity contribution in [1.82, 2.24) is 25.2 Å². The Morgan fingerprint density at radius 1 is 0.739 bits per heavy atom. The smallest absolute Gasteiger partial charge is 0.227 e. The molecule has 1 unspecified atom stereocenters. The third-order valence-electron chi connectivity index (χ3n) is 8.64. The molecule has 1 atom stereocenters. The molecular formula is C39H28N6O. The standard InChI is InChI=1S/C39H28N6O/c1-2-6-29(7-3-1)39-43-31-14-15-34-36(37(31)46-39)30-8-4-5-9-33(30)45(34)35-24-32(42-38(44-35)28-18-22-41-23-19-28)27-12-10-25(11-13-27)26-16-20-40-21-17-26/h1-22,24,38,41-42H,23H2. The van der Waals surface area contributed by atoms with Crippen molar-refractivity contribution in [2.75, 3.05) is 6.54 Å². The maximum Gasteiger partial charge on any atom is 0.227 e. The molecule has 4 aromatic carbocycles. The van der Waals surface area contributed by atoms with Crippen LogP contribution in [0.3, 0.4) is 0 Å². The van der Waals surface area contributed by atoms with Gasteiger partial charge in [-0.3, -0.25) is 9.55 Å². The lowest BCUT2D eigenvalue weighted by molar-refractivity contribution is 0.623. The zero-order chi connectivity index (χ0) is 30.5. The number of nitrogens with one attached hydrogen (secondary N) is 2. The molecule has 0 saturated heterocycles. The molecule has 46 heavy (non-hydrogen) atoms. The largest absolute Gasteiger partial charge is 0.435 e. The summed E-state index contributed by atoms with van der Waals surface area (Å²) in [6.45, 7) is 0.761. The van der Waals surface area contributed by atoms with Crippen LogP contribution in [0.25, 0.3) is 61.2 Å². The summed E-state index contributed by atoms with van der Waals surface area (Å²) in [5.41, 5.74) is 10.1. The highest BCUT2D eigenvalue weighted by Crippen LogP contribution is 2.37. The summed E-state index contributed by atoms with van der Waals surface area (Å²) >= 11 is 0. The average Bonchev–Trinajstić information content (AvgIpc) is 3.72. The highest BCUT2D eigenvalue weighted by atomic mass is 16.3. The Labute approximate surface area is 264 Å². The zero-order valence-corrected chi connectivity index (χ0v) is 24.8. The van der Waals surface area contributed by atoms with Crippen LogP contribution in [0, 0.1) is 0 Å². The third kappa shape index (κ3) is 4.40. The number of rotatable bonds is 4. The van der Waals surface area contributed by atoms with Gasteiger partial charge in [0, 0.05) is 41.7 Å². The van der Waals surface area contributed by atoms with Gasteiger partial charge in [-0.1, -0.05) is 66.7 Å². The van der Waals surface area contributed by atoms with Crippen molar-refractivity contribution < 1.29 is 4.42 Å². The Balaban J connectivity index is 1.23. The van der Waals surface area contributed by atoms with Gasteiger partial charge in [-0.25, -0.2) is 9.98 Å². The number of benzene rings is 4. The molecule has 0 spiro atoms. The first-order valence-electron chi connectivity index (χ1n) is 15.4. The number of aromatic nitrogens is 3. The van der Waals surface area contributed by atoms with Gasteiger partial charge in [0.1, 0.15) is 17.5 Å². The van der Waals surface area contributed by atoms with E-state index in [-0.39, 0.29) is 6.17 Å². The number of hydrogen-bond donors (Lipinski definition) is 2. The van der Waals surface area contributed by atoms with Crippen molar-refractivity contribution >= 4 is 44.4 Å². The fourth-order valence-electron chi connectivity index (χ4n) is 6.41. The van der Waals surface area contributed by atoms with Gasteiger partial charge in [-0.2, -0.15) is 0 Å². The van der Waals surface area contributed by atoms with Crippen LogP contribution in [0.2, 0.25) is 0 Å². The van der Waals surface area contributed by atoms with E-state index in [1.54, 1.807) is 0 Å². The Bertz CT molecular complexity index is 2380. The first-order chi connectivity index (χ1) is 22.8. The van der Waals surface area contributed by atoms with E-state index < -0.39 is 0 Å². The van der Waals surface area contributed by atoms with Crippen LogP contribution in [0.5, 0.6) is 0 Å². The van der Waals surface area contributed by atoms with Crippen LogP contribution in [0.4, 0.5) is 0 Å². The summed E-state index contributed by atoms with van der Waals surface area (Å²) < 4.78 is 8.76. The summed E-state index contributed by atoms with van der Waals surface area (Å²) in [4.78, 5) is 14.3. The molecular weight excluding hydrogens is 568 g/mol. The van der Waals surface area contributed by atoms with E-state index >= 15 is 0 Å². The normalized spacial score (nSPS) is 16.2. The second-order valence-electron chi connectivity index (χ2n) is 11.4. The molecule has 220 valence electrons. The summed E-state index contributed by atoms with van der Waals surface area (Å²) in [6, 6.07) is 35.4. The summed E-state index contributed by atoms with van der Waals surface area (Å²) in [5, 5.41) is 9.09. The van der Waals surface area contributed by atoms with Gasteiger partial charge >= 0.3 is 0 Å². The molecule has 7 aromatic rings. The van der Waals surface area contributed by atoms with E-state index in [2.05, 4.69) is 93.0 Å². The van der Waals surface area contributed by atoms with Gasteiger partial charge in [0.15, 0.2) is 5.58 Å². The van der Waals surface area contributed by atoms with Crippen molar-refractivity contribution in [3.63, 3.8) is 0 Å². The molecule has 0 bridgehead atoms. The van der Waals surface area contributed by atoms with Crippen molar-refractivity contribution in [1.29, 1.82) is 0 Å². The van der Waals surface area contributed by atoms with Gasteiger partial charge in [0.05, 0.1) is 16.4 Å². The predicted octanol–water partition coefficient (Wildman–Crippen LogP) is 7.93. The number of hydrogen-bond acceptors (Lipinski definition) is 6. The Kier molecular flexibility index (Phi) is 6.13. The number of para-hydroxylation sites is 1. The number of allylic oxidation sites excluding steroid dienone is 1. The molecule has 0 amide bonds. The molecule has 2 aliphatic heterocycles. The van der Waals surface area contributed by atoms with Crippen LogP contribution < -0.4 is 10.6 Å². The molecule has 0 saturated carbocycles. The number of oxazole rings is 1. The summed E-state index contributed by atoms with van der Waals surface area (Å²) in [6.07, 6.45) is 11.8. The monoisotopic (exact) mass is 596 g/mol. The van der Waals surface area contributed by atoms with E-state index in [1.807, 2.05) is 67.1 Å². The number of nitrogens with zero attached hydrogens (tertiary/aromatic N) is 4. The molecule has 0 aliphatic carbocycles.